The van der Waals surface area contributed by atoms with Gasteiger partial charge in [-0.1, -0.05) is 51.8 Å². The number of benzene rings is 2. The van der Waals surface area contributed by atoms with Crippen LogP contribution in [0.15, 0.2) is 53.0 Å². The molecule has 0 heterocycles. The molecular formula is C20H21BrN2O2. The van der Waals surface area contributed by atoms with E-state index in [1.807, 2.05) is 56.3 Å². The van der Waals surface area contributed by atoms with E-state index in [9.17, 15) is 9.59 Å². The van der Waals surface area contributed by atoms with E-state index in [0.717, 1.165) is 26.9 Å². The average Bonchev–Trinajstić information content (AvgIpc) is 2.56. The van der Waals surface area contributed by atoms with Gasteiger partial charge in [-0.2, -0.15) is 0 Å². The Morgan fingerprint density at radius 1 is 1.12 bits per heavy atom. The number of amides is 2. The first-order valence-corrected chi connectivity index (χ1v) is 8.82. The molecule has 4 nitrogen and oxygen atoms in total. The SMILES string of the molecule is Cc1cccc(/C=C/C(=O)NCCC(=O)Nc2cc(Br)ccc2C)c1. The summed E-state index contributed by atoms with van der Waals surface area (Å²) in [5.74, 6) is -0.350. The average molecular weight is 401 g/mol. The highest BCUT2D eigenvalue weighted by Gasteiger charge is 2.06. The quantitative estimate of drug-likeness (QED) is 0.712. The van der Waals surface area contributed by atoms with E-state index in [1.54, 1.807) is 6.08 Å². The van der Waals surface area contributed by atoms with Crippen molar-refractivity contribution in [3.63, 3.8) is 0 Å². The largest absolute Gasteiger partial charge is 0.352 e. The van der Waals surface area contributed by atoms with Crippen molar-refractivity contribution < 1.29 is 9.59 Å². The Morgan fingerprint density at radius 2 is 1.92 bits per heavy atom. The van der Waals surface area contributed by atoms with Gasteiger partial charge in [0.2, 0.25) is 11.8 Å². The van der Waals surface area contributed by atoms with Gasteiger partial charge in [-0.05, 0) is 43.2 Å². The number of hydrogen-bond donors (Lipinski definition) is 2. The number of hydrogen-bond acceptors (Lipinski definition) is 2. The van der Waals surface area contributed by atoms with Crippen LogP contribution in [0.2, 0.25) is 0 Å². The minimum absolute atomic E-state index is 0.135. The van der Waals surface area contributed by atoms with Crippen molar-refractivity contribution in [2.45, 2.75) is 20.3 Å². The van der Waals surface area contributed by atoms with E-state index in [-0.39, 0.29) is 24.8 Å². The summed E-state index contributed by atoms with van der Waals surface area (Å²) in [6.07, 6.45) is 3.45. The molecule has 5 heteroatoms. The number of carbonyl (C=O) groups is 2. The Morgan fingerprint density at radius 3 is 2.68 bits per heavy atom. The molecule has 0 fully saturated rings. The van der Waals surface area contributed by atoms with Gasteiger partial charge in [-0.15, -0.1) is 0 Å². The monoisotopic (exact) mass is 400 g/mol. The minimum atomic E-state index is -0.215. The molecule has 0 saturated carbocycles. The number of aryl methyl sites for hydroxylation is 2. The summed E-state index contributed by atoms with van der Waals surface area (Å²) >= 11 is 3.38. The van der Waals surface area contributed by atoms with Gasteiger partial charge in [0.05, 0.1) is 0 Å². The maximum Gasteiger partial charge on any atom is 0.244 e. The molecule has 0 bridgehead atoms. The van der Waals surface area contributed by atoms with Crippen LogP contribution in [0, 0.1) is 13.8 Å². The molecule has 0 aromatic heterocycles. The fourth-order valence-corrected chi connectivity index (χ4v) is 2.61. The standard InChI is InChI=1S/C20H21BrN2O2/c1-14-4-3-5-16(12-14)7-9-19(24)22-11-10-20(25)23-18-13-17(21)8-6-15(18)2/h3-9,12-13H,10-11H2,1-2H3,(H,22,24)(H,23,25)/b9-7+. The molecule has 2 aromatic rings. The highest BCUT2D eigenvalue weighted by Crippen LogP contribution is 2.20. The first kappa shape index (κ1) is 18.9. The van der Waals surface area contributed by atoms with E-state index in [1.165, 1.54) is 6.08 Å². The molecule has 25 heavy (non-hydrogen) atoms. The second kappa shape index (κ2) is 9.18. The molecule has 130 valence electrons. The van der Waals surface area contributed by atoms with E-state index >= 15 is 0 Å². The van der Waals surface area contributed by atoms with Crippen molar-refractivity contribution in [3.8, 4) is 0 Å². The van der Waals surface area contributed by atoms with Crippen molar-refractivity contribution in [2.24, 2.45) is 0 Å². The Kier molecular flexibility index (Phi) is 6.95. The van der Waals surface area contributed by atoms with E-state index in [4.69, 9.17) is 0 Å². The molecular weight excluding hydrogens is 380 g/mol. The fraction of sp³-hybridized carbons (Fsp3) is 0.200. The summed E-state index contributed by atoms with van der Waals surface area (Å²) in [5, 5.41) is 5.56. The second-order valence-electron chi connectivity index (χ2n) is 5.80. The third kappa shape index (κ3) is 6.55. The van der Waals surface area contributed by atoms with Crippen LogP contribution in [0.3, 0.4) is 0 Å². The van der Waals surface area contributed by atoms with Gasteiger partial charge >= 0.3 is 0 Å². The van der Waals surface area contributed by atoms with Crippen molar-refractivity contribution in [2.75, 3.05) is 11.9 Å². The Bertz CT molecular complexity index is 800. The number of anilines is 1. The highest BCUT2D eigenvalue weighted by molar-refractivity contribution is 9.10. The van der Waals surface area contributed by atoms with Crippen molar-refractivity contribution in [1.82, 2.24) is 5.32 Å². The minimum Gasteiger partial charge on any atom is -0.352 e. The first-order valence-electron chi connectivity index (χ1n) is 8.02. The summed E-state index contributed by atoms with van der Waals surface area (Å²) in [4.78, 5) is 23.8. The fourth-order valence-electron chi connectivity index (χ4n) is 2.25. The zero-order valence-corrected chi connectivity index (χ0v) is 15.9. The number of rotatable bonds is 6. The van der Waals surface area contributed by atoms with Gasteiger partial charge in [0.1, 0.15) is 0 Å². The van der Waals surface area contributed by atoms with E-state index in [0.29, 0.717) is 0 Å². The maximum absolute atomic E-state index is 12.0. The lowest BCUT2D eigenvalue weighted by molar-refractivity contribution is -0.117. The second-order valence-corrected chi connectivity index (χ2v) is 6.71. The molecule has 2 N–H and O–H groups in total. The van der Waals surface area contributed by atoms with Crippen LogP contribution in [0.1, 0.15) is 23.1 Å². The van der Waals surface area contributed by atoms with Crippen LogP contribution < -0.4 is 10.6 Å². The molecule has 0 aliphatic heterocycles. The summed E-state index contributed by atoms with van der Waals surface area (Å²) < 4.78 is 0.906. The molecule has 2 aromatic carbocycles. The lowest BCUT2D eigenvalue weighted by Gasteiger charge is -2.09. The summed E-state index contributed by atoms with van der Waals surface area (Å²) in [6, 6.07) is 13.6. The topological polar surface area (TPSA) is 58.2 Å². The Labute approximate surface area is 156 Å². The smallest absolute Gasteiger partial charge is 0.244 e. The molecule has 0 radical (unpaired) electrons. The lowest BCUT2D eigenvalue weighted by atomic mass is 10.1. The van der Waals surface area contributed by atoms with Crippen LogP contribution in [-0.4, -0.2) is 18.4 Å². The molecule has 0 saturated heterocycles. The van der Waals surface area contributed by atoms with Crippen molar-refractivity contribution in [1.29, 1.82) is 0 Å². The van der Waals surface area contributed by atoms with Crippen LogP contribution >= 0.6 is 15.9 Å². The van der Waals surface area contributed by atoms with Crippen LogP contribution in [0.4, 0.5) is 5.69 Å². The summed E-state index contributed by atoms with van der Waals surface area (Å²) in [5.41, 5.74) is 3.87. The van der Waals surface area contributed by atoms with Crippen molar-refractivity contribution >= 4 is 39.5 Å². The van der Waals surface area contributed by atoms with Crippen LogP contribution in [-0.2, 0) is 9.59 Å². The van der Waals surface area contributed by atoms with E-state index < -0.39 is 0 Å². The number of halogens is 1. The third-order valence-electron chi connectivity index (χ3n) is 3.59. The molecule has 0 spiro atoms. The van der Waals surface area contributed by atoms with Gasteiger partial charge in [0.25, 0.3) is 0 Å². The van der Waals surface area contributed by atoms with E-state index in [2.05, 4.69) is 26.6 Å². The van der Waals surface area contributed by atoms with Crippen LogP contribution in [0.5, 0.6) is 0 Å². The number of carbonyl (C=O) groups excluding carboxylic acids is 2. The van der Waals surface area contributed by atoms with Gasteiger partial charge in [-0.25, -0.2) is 0 Å². The Balaban J connectivity index is 1.77. The zero-order chi connectivity index (χ0) is 18.2. The first-order chi connectivity index (χ1) is 11.9. The molecule has 0 atom stereocenters. The number of nitrogens with one attached hydrogen (secondary N) is 2. The van der Waals surface area contributed by atoms with Crippen molar-refractivity contribution in [3.05, 3.63) is 69.7 Å². The molecule has 0 aliphatic rings. The lowest BCUT2D eigenvalue weighted by Crippen LogP contribution is -2.26. The van der Waals surface area contributed by atoms with Gasteiger partial charge in [0, 0.05) is 29.2 Å². The van der Waals surface area contributed by atoms with Gasteiger partial charge in [-0.3, -0.25) is 9.59 Å². The van der Waals surface area contributed by atoms with Crippen LogP contribution in [0.25, 0.3) is 6.08 Å². The normalized spacial score (nSPS) is 10.7. The summed E-state index contributed by atoms with van der Waals surface area (Å²) in [6.45, 7) is 4.22. The Hall–Kier alpha value is -2.40. The predicted molar refractivity (Wildman–Crippen MR) is 105 cm³/mol. The maximum atomic E-state index is 12.0. The molecule has 0 unspecified atom stereocenters. The summed E-state index contributed by atoms with van der Waals surface area (Å²) in [7, 11) is 0. The molecule has 2 amide bonds. The zero-order valence-electron chi connectivity index (χ0n) is 14.3. The molecule has 2 rings (SSSR count). The predicted octanol–water partition coefficient (Wildman–Crippen LogP) is 4.22. The molecule has 0 aliphatic carbocycles. The highest BCUT2D eigenvalue weighted by atomic mass is 79.9. The van der Waals surface area contributed by atoms with Gasteiger partial charge < -0.3 is 10.6 Å². The van der Waals surface area contributed by atoms with Gasteiger partial charge in [0.15, 0.2) is 0 Å². The third-order valence-corrected chi connectivity index (χ3v) is 4.09.